The first-order valence-corrected chi connectivity index (χ1v) is 8.16. The van der Waals surface area contributed by atoms with E-state index in [4.69, 9.17) is 0 Å². The van der Waals surface area contributed by atoms with Crippen molar-refractivity contribution in [3.63, 3.8) is 0 Å². The average Bonchev–Trinajstić information content (AvgIpc) is 2.86. The van der Waals surface area contributed by atoms with E-state index >= 15 is 0 Å². The maximum absolute atomic E-state index is 12.0. The second-order valence-electron chi connectivity index (χ2n) is 6.12. The van der Waals surface area contributed by atoms with Crippen molar-refractivity contribution < 1.29 is 4.79 Å². The van der Waals surface area contributed by atoms with Gasteiger partial charge in [0.2, 0.25) is 5.91 Å². The summed E-state index contributed by atoms with van der Waals surface area (Å²) < 4.78 is 1.97. The highest BCUT2D eigenvalue weighted by atomic mass is 16.2. The van der Waals surface area contributed by atoms with Crippen LogP contribution in [0.25, 0.3) is 0 Å². The van der Waals surface area contributed by atoms with Crippen LogP contribution in [0.5, 0.6) is 0 Å². The largest absolute Gasteiger partial charge is 0.352 e. The number of carbonyl (C=O) groups excluding carboxylic acids is 1. The zero-order valence-electron chi connectivity index (χ0n) is 14.1. The van der Waals surface area contributed by atoms with Crippen LogP contribution in [0.4, 0.5) is 0 Å². The van der Waals surface area contributed by atoms with E-state index in [-0.39, 0.29) is 11.9 Å². The van der Waals surface area contributed by atoms with Crippen molar-refractivity contribution in [3.05, 3.63) is 24.0 Å². The molecule has 2 N–H and O–H groups in total. The minimum absolute atomic E-state index is 0.0776. The molecule has 0 spiro atoms. The van der Waals surface area contributed by atoms with Crippen molar-refractivity contribution in [2.24, 2.45) is 5.92 Å². The molecule has 0 radical (unpaired) electrons. The van der Waals surface area contributed by atoms with E-state index < -0.39 is 0 Å². The Morgan fingerprint density at radius 2 is 2.00 bits per heavy atom. The van der Waals surface area contributed by atoms with Crippen molar-refractivity contribution in [3.8, 4) is 0 Å². The number of hydrogen-bond donors (Lipinski definition) is 2. The Bertz CT molecular complexity index is 419. The first kappa shape index (κ1) is 17.8. The normalized spacial score (nSPS) is 14.2. The predicted octanol–water partition coefficient (Wildman–Crippen LogP) is 3.10. The zero-order valence-corrected chi connectivity index (χ0v) is 14.1. The molecule has 120 valence electrons. The van der Waals surface area contributed by atoms with Gasteiger partial charge in [-0.1, -0.05) is 34.1 Å². The SMILES string of the molecule is CCCC(NCC)c1ccn(CC(=O)NC(C)C(C)C)c1. The lowest BCUT2D eigenvalue weighted by atomic mass is 10.1. The summed E-state index contributed by atoms with van der Waals surface area (Å²) in [6.45, 7) is 12.0. The van der Waals surface area contributed by atoms with Gasteiger partial charge < -0.3 is 15.2 Å². The molecule has 21 heavy (non-hydrogen) atoms. The average molecular weight is 293 g/mol. The number of carbonyl (C=O) groups is 1. The van der Waals surface area contributed by atoms with Crippen LogP contribution in [-0.4, -0.2) is 23.1 Å². The Labute approximate surface area is 129 Å². The van der Waals surface area contributed by atoms with Gasteiger partial charge in [0.15, 0.2) is 0 Å². The molecular weight excluding hydrogens is 262 g/mol. The monoisotopic (exact) mass is 293 g/mol. The molecule has 0 aliphatic rings. The topological polar surface area (TPSA) is 46.1 Å². The lowest BCUT2D eigenvalue weighted by molar-refractivity contribution is -0.122. The first-order valence-electron chi connectivity index (χ1n) is 8.16. The number of nitrogens with one attached hydrogen (secondary N) is 2. The number of nitrogens with zero attached hydrogens (tertiary/aromatic N) is 1. The third-order valence-corrected chi connectivity index (χ3v) is 3.92. The lowest BCUT2D eigenvalue weighted by Crippen LogP contribution is -2.37. The predicted molar refractivity (Wildman–Crippen MR) is 88.2 cm³/mol. The van der Waals surface area contributed by atoms with Crippen molar-refractivity contribution >= 4 is 5.91 Å². The number of hydrogen-bond acceptors (Lipinski definition) is 2. The van der Waals surface area contributed by atoms with Gasteiger partial charge in [-0.3, -0.25) is 4.79 Å². The van der Waals surface area contributed by atoms with E-state index in [1.54, 1.807) is 0 Å². The van der Waals surface area contributed by atoms with Crippen LogP contribution in [0.15, 0.2) is 18.5 Å². The van der Waals surface area contributed by atoms with E-state index in [2.05, 4.69) is 50.6 Å². The molecule has 1 heterocycles. The highest BCUT2D eigenvalue weighted by Crippen LogP contribution is 2.18. The molecule has 4 nitrogen and oxygen atoms in total. The summed E-state index contributed by atoms with van der Waals surface area (Å²) >= 11 is 0. The van der Waals surface area contributed by atoms with Crippen molar-refractivity contribution in [1.82, 2.24) is 15.2 Å². The van der Waals surface area contributed by atoms with Crippen LogP contribution >= 0.6 is 0 Å². The molecule has 1 amide bonds. The Morgan fingerprint density at radius 1 is 1.29 bits per heavy atom. The molecule has 1 rings (SSSR count). The van der Waals surface area contributed by atoms with E-state index in [1.807, 2.05) is 17.7 Å². The molecule has 0 aromatic carbocycles. The van der Waals surface area contributed by atoms with Gasteiger partial charge in [-0.05, 0) is 37.4 Å². The molecule has 0 aliphatic carbocycles. The summed E-state index contributed by atoms with van der Waals surface area (Å²) in [5.74, 6) is 0.533. The van der Waals surface area contributed by atoms with Crippen LogP contribution in [0.1, 0.15) is 59.1 Å². The molecule has 2 atom stereocenters. The van der Waals surface area contributed by atoms with Crippen molar-refractivity contribution in [2.45, 2.75) is 66.1 Å². The van der Waals surface area contributed by atoms with Gasteiger partial charge in [0.05, 0.1) is 0 Å². The number of amides is 1. The van der Waals surface area contributed by atoms with Gasteiger partial charge in [0, 0.05) is 24.5 Å². The molecule has 0 saturated carbocycles. The first-order chi connectivity index (χ1) is 9.97. The Kier molecular flexibility index (Phi) is 7.51. The standard InChI is InChI=1S/C17H31N3O/c1-6-8-16(18-7-2)15-9-10-20(11-15)12-17(21)19-14(5)13(3)4/h9-11,13-14,16,18H,6-8,12H2,1-5H3,(H,19,21). The highest BCUT2D eigenvalue weighted by Gasteiger charge is 2.13. The quantitative estimate of drug-likeness (QED) is 0.735. The number of aromatic nitrogens is 1. The fourth-order valence-corrected chi connectivity index (χ4v) is 2.32. The molecule has 0 saturated heterocycles. The summed E-state index contributed by atoms with van der Waals surface area (Å²) in [6.07, 6.45) is 6.35. The molecule has 0 bridgehead atoms. The zero-order chi connectivity index (χ0) is 15.8. The fraction of sp³-hybridized carbons (Fsp3) is 0.706. The molecule has 0 aliphatic heterocycles. The molecule has 4 heteroatoms. The maximum atomic E-state index is 12.0. The fourth-order valence-electron chi connectivity index (χ4n) is 2.32. The van der Waals surface area contributed by atoms with Gasteiger partial charge in [-0.25, -0.2) is 0 Å². The Morgan fingerprint density at radius 3 is 2.57 bits per heavy atom. The molecule has 2 unspecified atom stereocenters. The summed E-state index contributed by atoms with van der Waals surface area (Å²) in [5.41, 5.74) is 1.27. The van der Waals surface area contributed by atoms with Gasteiger partial charge in [0.1, 0.15) is 6.54 Å². The lowest BCUT2D eigenvalue weighted by Gasteiger charge is -2.18. The second-order valence-corrected chi connectivity index (χ2v) is 6.12. The number of rotatable bonds is 9. The summed E-state index contributed by atoms with van der Waals surface area (Å²) in [4.78, 5) is 12.0. The molecular formula is C17H31N3O. The van der Waals surface area contributed by atoms with Gasteiger partial charge in [-0.15, -0.1) is 0 Å². The third kappa shape index (κ3) is 5.92. The van der Waals surface area contributed by atoms with Crippen LogP contribution in [0.2, 0.25) is 0 Å². The van der Waals surface area contributed by atoms with Crippen molar-refractivity contribution in [2.75, 3.05) is 6.54 Å². The highest BCUT2D eigenvalue weighted by molar-refractivity contribution is 5.76. The summed E-state index contributed by atoms with van der Waals surface area (Å²) in [6, 6.07) is 2.71. The second kappa shape index (κ2) is 8.88. The van der Waals surface area contributed by atoms with Crippen LogP contribution in [0.3, 0.4) is 0 Å². The Hall–Kier alpha value is -1.29. The summed E-state index contributed by atoms with van der Waals surface area (Å²) in [5, 5.41) is 6.54. The van der Waals surface area contributed by atoms with Crippen LogP contribution in [0, 0.1) is 5.92 Å². The van der Waals surface area contributed by atoms with E-state index in [9.17, 15) is 4.79 Å². The van der Waals surface area contributed by atoms with Gasteiger partial charge in [0.25, 0.3) is 0 Å². The molecule has 1 aromatic heterocycles. The van der Waals surface area contributed by atoms with Crippen molar-refractivity contribution in [1.29, 1.82) is 0 Å². The van der Waals surface area contributed by atoms with Crippen LogP contribution in [-0.2, 0) is 11.3 Å². The molecule has 0 fully saturated rings. The van der Waals surface area contributed by atoms with Crippen LogP contribution < -0.4 is 10.6 Å². The van der Waals surface area contributed by atoms with E-state index in [1.165, 1.54) is 5.56 Å². The minimum atomic E-state index is 0.0776. The smallest absolute Gasteiger partial charge is 0.240 e. The van der Waals surface area contributed by atoms with Gasteiger partial charge in [-0.2, -0.15) is 0 Å². The van der Waals surface area contributed by atoms with Gasteiger partial charge >= 0.3 is 0 Å². The minimum Gasteiger partial charge on any atom is -0.352 e. The summed E-state index contributed by atoms with van der Waals surface area (Å²) in [7, 11) is 0. The maximum Gasteiger partial charge on any atom is 0.240 e. The van der Waals surface area contributed by atoms with E-state index in [0.29, 0.717) is 18.5 Å². The van der Waals surface area contributed by atoms with E-state index in [0.717, 1.165) is 19.4 Å². The third-order valence-electron chi connectivity index (χ3n) is 3.92. The molecule has 1 aromatic rings. The Balaban J connectivity index is 2.59.